The van der Waals surface area contributed by atoms with Crippen molar-refractivity contribution in [2.45, 2.75) is 70.9 Å². The van der Waals surface area contributed by atoms with Gasteiger partial charge >= 0.3 is 19.4 Å². The number of hydrogen-bond donors (Lipinski definition) is 3. The molecule has 0 radical (unpaired) electrons. The highest BCUT2D eigenvalue weighted by molar-refractivity contribution is 7.52. The van der Waals surface area contributed by atoms with Crippen LogP contribution in [0, 0.1) is 6.92 Å². The number of carbonyl (C=O) groups excluding carboxylic acids is 1. The Bertz CT molecular complexity index is 1660. The van der Waals surface area contributed by atoms with Crippen molar-refractivity contribution in [3.05, 3.63) is 80.2 Å². The molecule has 0 aliphatic carbocycles. The van der Waals surface area contributed by atoms with Gasteiger partial charge in [-0.15, -0.1) is 0 Å². The number of esters is 1. The molecule has 1 saturated heterocycles. The summed E-state index contributed by atoms with van der Waals surface area (Å²) in [5, 5.41) is 13.7. The van der Waals surface area contributed by atoms with E-state index in [9.17, 15) is 24.1 Å². The van der Waals surface area contributed by atoms with E-state index in [2.05, 4.69) is 10.1 Å². The van der Waals surface area contributed by atoms with Crippen LogP contribution in [-0.2, 0) is 23.4 Å². The molecule has 0 saturated carbocycles. The van der Waals surface area contributed by atoms with Crippen LogP contribution in [0.15, 0.2) is 58.4 Å². The first-order valence-electron chi connectivity index (χ1n) is 13.6. The molecule has 4 rings (SSSR count). The predicted octanol–water partition coefficient (Wildman–Crippen LogP) is 3.68. The van der Waals surface area contributed by atoms with E-state index in [1.54, 1.807) is 45.0 Å². The second kappa shape index (κ2) is 13.3. The number of aliphatic hydroxyl groups is 1. The van der Waals surface area contributed by atoms with Crippen molar-refractivity contribution in [3.63, 3.8) is 0 Å². The van der Waals surface area contributed by atoms with Crippen LogP contribution in [0.5, 0.6) is 5.75 Å². The largest absolute Gasteiger partial charge is 0.462 e. The van der Waals surface area contributed by atoms with Gasteiger partial charge < -0.3 is 19.1 Å². The summed E-state index contributed by atoms with van der Waals surface area (Å²) in [6.45, 7) is 6.80. The van der Waals surface area contributed by atoms with Crippen molar-refractivity contribution in [2.75, 3.05) is 6.61 Å². The molecular weight excluding hydrogens is 622 g/mol. The Morgan fingerprint density at radius 1 is 1.27 bits per heavy atom. The molecule has 1 aliphatic heterocycles. The number of halogens is 2. The smallest absolute Gasteiger partial charge is 0.459 e. The molecule has 16 heteroatoms. The number of hydrogen-bond acceptors (Lipinski definition) is 10. The van der Waals surface area contributed by atoms with Crippen molar-refractivity contribution in [1.29, 1.82) is 0 Å². The fourth-order valence-corrected chi connectivity index (χ4v) is 6.11. The van der Waals surface area contributed by atoms with Crippen LogP contribution in [0.1, 0.15) is 39.5 Å². The second-order valence-corrected chi connectivity index (χ2v) is 12.8. The van der Waals surface area contributed by atoms with Gasteiger partial charge in [-0.25, -0.2) is 13.8 Å². The monoisotopic (exact) mass is 654 g/mol. The number of aromatic amines is 1. The topological polar surface area (TPSA) is 171 Å². The Balaban J connectivity index is 1.58. The van der Waals surface area contributed by atoms with E-state index in [4.69, 9.17) is 30.1 Å². The normalized spacial score (nSPS) is 23.7. The molecule has 1 aromatic carbocycles. The summed E-state index contributed by atoms with van der Waals surface area (Å²) in [5.74, 6) is -0.639. The van der Waals surface area contributed by atoms with Gasteiger partial charge in [-0.1, -0.05) is 11.6 Å². The average Bonchev–Trinajstić information content (AvgIpc) is 3.16. The maximum Gasteiger partial charge on any atom is 0.459 e. The molecule has 0 spiro atoms. The highest BCUT2D eigenvalue weighted by Crippen LogP contribution is 2.48. The standard InChI is InChI=1S/C28H33ClFN4O9P/c1-15(2)41-25(37)17(4)33-44(39,43-19-7-8-20(16(3)12-19)21-9-6-18(29)13-31-21)40-14-22-24(36)28(5,30)26(42-22)34-11-10-23(35)32-27(34)38/h6-13,15,17,22,24,26,36H,14H2,1-5H3,(H,33,39)(H,32,35,38)/t17-,22+,24+,26+,28+,44?/m0/s1. The van der Waals surface area contributed by atoms with Gasteiger partial charge in [-0.2, -0.15) is 5.09 Å². The minimum Gasteiger partial charge on any atom is -0.462 e. The molecule has 3 aromatic rings. The van der Waals surface area contributed by atoms with E-state index in [0.717, 1.165) is 29.3 Å². The van der Waals surface area contributed by atoms with Crippen LogP contribution < -0.4 is 20.9 Å². The Morgan fingerprint density at radius 2 is 2.00 bits per heavy atom. The van der Waals surface area contributed by atoms with Gasteiger partial charge in [0, 0.05) is 24.0 Å². The third-order valence-corrected chi connectivity index (χ3v) is 8.58. The van der Waals surface area contributed by atoms with Crippen molar-refractivity contribution in [2.24, 2.45) is 0 Å². The zero-order valence-corrected chi connectivity index (χ0v) is 26.2. The lowest BCUT2D eigenvalue weighted by atomic mass is 9.98. The molecule has 13 nitrogen and oxygen atoms in total. The highest BCUT2D eigenvalue weighted by atomic mass is 35.5. The van der Waals surface area contributed by atoms with Gasteiger partial charge in [-0.3, -0.25) is 28.6 Å². The molecule has 0 amide bonds. The molecule has 0 bridgehead atoms. The lowest BCUT2D eigenvalue weighted by Gasteiger charge is -2.25. The summed E-state index contributed by atoms with van der Waals surface area (Å²) in [7, 11) is -4.45. The molecule has 2 aromatic heterocycles. The number of nitrogens with one attached hydrogen (secondary N) is 2. The number of ether oxygens (including phenoxy) is 2. The number of rotatable bonds is 11. The molecule has 1 aliphatic rings. The van der Waals surface area contributed by atoms with Crippen LogP contribution in [0.2, 0.25) is 5.02 Å². The van der Waals surface area contributed by atoms with Gasteiger partial charge in [0.25, 0.3) is 5.56 Å². The second-order valence-electron chi connectivity index (χ2n) is 10.7. The molecule has 1 unspecified atom stereocenters. The van der Waals surface area contributed by atoms with E-state index < -0.39 is 67.8 Å². The minimum absolute atomic E-state index is 0.0985. The Morgan fingerprint density at radius 3 is 2.61 bits per heavy atom. The molecule has 3 heterocycles. The third kappa shape index (κ3) is 7.63. The van der Waals surface area contributed by atoms with Crippen LogP contribution in [0.3, 0.4) is 0 Å². The number of H-pyrrole nitrogens is 1. The van der Waals surface area contributed by atoms with Gasteiger partial charge in [0.05, 0.1) is 23.4 Å². The Kier molecular flexibility index (Phi) is 10.1. The first kappa shape index (κ1) is 33.5. The van der Waals surface area contributed by atoms with E-state index >= 15 is 4.39 Å². The summed E-state index contributed by atoms with van der Waals surface area (Å²) in [6, 6.07) is 8.04. The van der Waals surface area contributed by atoms with Crippen LogP contribution in [0.4, 0.5) is 4.39 Å². The number of aromatic nitrogens is 3. The number of carbonyl (C=O) groups is 1. The minimum atomic E-state index is -4.45. The van der Waals surface area contributed by atoms with Crippen molar-refractivity contribution >= 4 is 25.3 Å². The summed E-state index contributed by atoms with van der Waals surface area (Å²) < 4.78 is 52.6. The SMILES string of the molecule is Cc1cc(OP(=O)(N[C@@H](C)C(=O)OC(C)C)OC[C@H]2O[C@@H](n3ccc(=O)[nH]c3=O)[C@](C)(F)[C@@H]2O)ccc1-c1ccc(Cl)cn1. The van der Waals surface area contributed by atoms with E-state index in [1.807, 2.05) is 4.98 Å². The van der Waals surface area contributed by atoms with Gasteiger partial charge in [-0.05, 0) is 70.5 Å². The quantitative estimate of drug-likeness (QED) is 0.203. The Labute approximate surface area is 256 Å². The van der Waals surface area contributed by atoms with Crippen LogP contribution >= 0.6 is 19.3 Å². The zero-order valence-electron chi connectivity index (χ0n) is 24.5. The van der Waals surface area contributed by atoms with Crippen molar-refractivity contribution in [1.82, 2.24) is 19.6 Å². The fraction of sp³-hybridized carbons (Fsp3) is 0.429. The van der Waals surface area contributed by atoms with Crippen molar-refractivity contribution in [3.8, 4) is 17.0 Å². The highest BCUT2D eigenvalue weighted by Gasteiger charge is 2.56. The van der Waals surface area contributed by atoms with Gasteiger partial charge in [0.1, 0.15) is 24.0 Å². The molecule has 238 valence electrons. The maximum atomic E-state index is 15.7. The van der Waals surface area contributed by atoms with E-state index in [-0.39, 0.29) is 5.75 Å². The molecule has 44 heavy (non-hydrogen) atoms. The Hall–Kier alpha value is -3.39. The van der Waals surface area contributed by atoms with E-state index in [1.165, 1.54) is 19.2 Å². The number of aliphatic hydroxyl groups excluding tert-OH is 1. The summed E-state index contributed by atoms with van der Waals surface area (Å²) >= 11 is 5.94. The average molecular weight is 655 g/mol. The number of aryl methyl sites for hydroxylation is 1. The fourth-order valence-electron chi connectivity index (χ4n) is 4.50. The summed E-state index contributed by atoms with van der Waals surface area (Å²) in [6.07, 6.45) is -2.86. The van der Waals surface area contributed by atoms with Gasteiger partial charge in [0.15, 0.2) is 11.9 Å². The molecular formula is C28H33ClFN4O9P. The predicted molar refractivity (Wildman–Crippen MR) is 158 cm³/mol. The molecule has 1 fully saturated rings. The summed E-state index contributed by atoms with van der Waals surface area (Å²) in [4.78, 5) is 42.6. The molecule has 6 atom stereocenters. The van der Waals surface area contributed by atoms with E-state index in [0.29, 0.717) is 16.3 Å². The summed E-state index contributed by atoms with van der Waals surface area (Å²) in [5.41, 5.74) is -2.09. The number of alkyl halides is 1. The number of nitrogens with zero attached hydrogens (tertiary/aromatic N) is 2. The first-order chi connectivity index (χ1) is 20.6. The van der Waals surface area contributed by atoms with Crippen LogP contribution in [0.25, 0.3) is 11.3 Å². The van der Waals surface area contributed by atoms with Gasteiger partial charge in [0.2, 0.25) is 0 Å². The first-order valence-corrected chi connectivity index (χ1v) is 15.5. The molecule has 3 N–H and O–H groups in total. The van der Waals surface area contributed by atoms with Crippen LogP contribution in [-0.4, -0.2) is 62.2 Å². The number of pyridine rings is 1. The van der Waals surface area contributed by atoms with Crippen molar-refractivity contribution < 1.29 is 37.4 Å². The number of benzene rings is 1. The maximum absolute atomic E-state index is 15.7. The lowest BCUT2D eigenvalue weighted by molar-refractivity contribution is -0.149. The lowest BCUT2D eigenvalue weighted by Crippen LogP contribution is -2.43. The zero-order chi connectivity index (χ0) is 32.4. The third-order valence-electron chi connectivity index (χ3n) is 6.71.